The molecule has 2 aliphatic heterocycles. The minimum Gasteiger partial charge on any atom is -0.378 e. The minimum atomic E-state index is -0.773. The van der Waals surface area contributed by atoms with Gasteiger partial charge in [0.2, 0.25) is 0 Å². The van der Waals surface area contributed by atoms with Crippen molar-refractivity contribution in [3.63, 3.8) is 0 Å². The lowest BCUT2D eigenvalue weighted by Crippen LogP contribution is -2.60. The first kappa shape index (κ1) is 15.4. The summed E-state index contributed by atoms with van der Waals surface area (Å²) in [6.45, 7) is 7.16. The van der Waals surface area contributed by atoms with Gasteiger partial charge in [-0.3, -0.25) is 14.7 Å². The maximum absolute atomic E-state index is 12.8. The van der Waals surface area contributed by atoms with Crippen LogP contribution in [0.3, 0.4) is 0 Å². The van der Waals surface area contributed by atoms with Gasteiger partial charge in [0.05, 0.1) is 25.5 Å². The predicted octanol–water partition coefficient (Wildman–Crippen LogP) is 0.531. The highest BCUT2D eigenvalue weighted by atomic mass is 16.5. The van der Waals surface area contributed by atoms with E-state index in [1.165, 1.54) is 0 Å². The number of morpholine rings is 2. The third kappa shape index (κ3) is 3.45. The van der Waals surface area contributed by atoms with Gasteiger partial charge in [-0.05, 0) is 19.1 Å². The summed E-state index contributed by atoms with van der Waals surface area (Å²) >= 11 is 0. The summed E-state index contributed by atoms with van der Waals surface area (Å²) in [7, 11) is 0. The molecule has 0 aromatic carbocycles. The molecule has 3 rings (SSSR count). The molecule has 1 amide bonds. The van der Waals surface area contributed by atoms with E-state index in [2.05, 4.69) is 9.88 Å². The minimum absolute atomic E-state index is 0.0709. The third-order valence-corrected chi connectivity index (χ3v) is 4.22. The van der Waals surface area contributed by atoms with Gasteiger partial charge in [-0.1, -0.05) is 6.07 Å². The molecule has 0 bridgehead atoms. The first-order valence-electron chi connectivity index (χ1n) is 7.81. The molecule has 0 N–H and O–H groups in total. The van der Waals surface area contributed by atoms with E-state index in [-0.39, 0.29) is 5.91 Å². The number of hydrogen-bond donors (Lipinski definition) is 0. The fourth-order valence-corrected chi connectivity index (χ4v) is 3.04. The number of pyridine rings is 1. The Labute approximate surface area is 131 Å². The Morgan fingerprint density at radius 2 is 2.09 bits per heavy atom. The first-order valence-corrected chi connectivity index (χ1v) is 7.81. The molecule has 0 aliphatic carbocycles. The molecule has 2 saturated heterocycles. The molecule has 1 aromatic rings. The van der Waals surface area contributed by atoms with Crippen LogP contribution in [-0.4, -0.2) is 72.3 Å². The van der Waals surface area contributed by atoms with Crippen molar-refractivity contribution in [2.45, 2.75) is 19.1 Å². The zero-order chi connectivity index (χ0) is 15.4. The van der Waals surface area contributed by atoms with E-state index in [1.54, 1.807) is 6.20 Å². The van der Waals surface area contributed by atoms with E-state index >= 15 is 0 Å². The van der Waals surface area contributed by atoms with Gasteiger partial charge in [0.25, 0.3) is 5.91 Å². The summed E-state index contributed by atoms with van der Waals surface area (Å²) in [6, 6.07) is 5.91. The van der Waals surface area contributed by atoms with Crippen molar-refractivity contribution < 1.29 is 14.3 Å². The summed E-state index contributed by atoms with van der Waals surface area (Å²) in [6.07, 6.45) is 1.80. The van der Waals surface area contributed by atoms with Gasteiger partial charge >= 0.3 is 0 Å². The van der Waals surface area contributed by atoms with Gasteiger partial charge in [-0.2, -0.15) is 0 Å². The van der Waals surface area contributed by atoms with Crippen LogP contribution in [0.4, 0.5) is 0 Å². The molecule has 22 heavy (non-hydrogen) atoms. The van der Waals surface area contributed by atoms with Gasteiger partial charge in [0.1, 0.15) is 0 Å². The van der Waals surface area contributed by atoms with Gasteiger partial charge in [0, 0.05) is 38.9 Å². The number of rotatable bonds is 3. The highest BCUT2D eigenvalue weighted by Crippen LogP contribution is 2.22. The second-order valence-electron chi connectivity index (χ2n) is 6.02. The number of hydrogen-bond acceptors (Lipinski definition) is 5. The Morgan fingerprint density at radius 1 is 1.27 bits per heavy atom. The van der Waals surface area contributed by atoms with Crippen molar-refractivity contribution >= 4 is 5.91 Å². The maximum atomic E-state index is 12.8. The Hall–Kier alpha value is -1.50. The van der Waals surface area contributed by atoms with Crippen LogP contribution in [-0.2, 0) is 20.8 Å². The van der Waals surface area contributed by atoms with E-state index in [1.807, 2.05) is 30.0 Å². The molecular weight excluding hydrogens is 282 g/mol. The summed E-state index contributed by atoms with van der Waals surface area (Å²) in [4.78, 5) is 21.2. The van der Waals surface area contributed by atoms with Crippen molar-refractivity contribution in [3.8, 4) is 0 Å². The lowest BCUT2D eigenvalue weighted by Gasteiger charge is -2.42. The van der Waals surface area contributed by atoms with Crippen LogP contribution >= 0.6 is 0 Å². The standard InChI is InChI=1S/C16H23N3O3/c1-16(15(20)19-7-9-21-10-8-19)13-18(6-11-22-16)12-14-4-2-3-5-17-14/h2-5H,6-13H2,1H3/t16-/m0/s1. The monoisotopic (exact) mass is 305 g/mol. The van der Waals surface area contributed by atoms with Crippen LogP contribution in [0.25, 0.3) is 0 Å². The zero-order valence-corrected chi connectivity index (χ0v) is 13.0. The topological polar surface area (TPSA) is 54.9 Å². The number of aromatic nitrogens is 1. The molecule has 3 heterocycles. The number of carbonyl (C=O) groups excluding carboxylic acids is 1. The highest BCUT2D eigenvalue weighted by molar-refractivity contribution is 5.85. The highest BCUT2D eigenvalue weighted by Gasteiger charge is 2.42. The van der Waals surface area contributed by atoms with Gasteiger partial charge in [-0.25, -0.2) is 0 Å². The van der Waals surface area contributed by atoms with Crippen molar-refractivity contribution in [3.05, 3.63) is 30.1 Å². The van der Waals surface area contributed by atoms with Gasteiger partial charge < -0.3 is 14.4 Å². The molecule has 2 aliphatic rings. The van der Waals surface area contributed by atoms with E-state index in [0.29, 0.717) is 39.5 Å². The molecule has 0 saturated carbocycles. The zero-order valence-electron chi connectivity index (χ0n) is 13.0. The van der Waals surface area contributed by atoms with Crippen LogP contribution < -0.4 is 0 Å². The molecule has 1 atom stereocenters. The largest absolute Gasteiger partial charge is 0.378 e. The number of nitrogens with zero attached hydrogens (tertiary/aromatic N) is 3. The van der Waals surface area contributed by atoms with Crippen LogP contribution in [0.15, 0.2) is 24.4 Å². The lowest BCUT2D eigenvalue weighted by molar-refractivity contribution is -0.171. The quantitative estimate of drug-likeness (QED) is 0.815. The summed E-state index contributed by atoms with van der Waals surface area (Å²) in [5.41, 5.74) is 0.246. The second kappa shape index (κ2) is 6.73. The summed E-state index contributed by atoms with van der Waals surface area (Å²) < 4.78 is 11.2. The smallest absolute Gasteiger partial charge is 0.256 e. The molecule has 0 radical (unpaired) electrons. The summed E-state index contributed by atoms with van der Waals surface area (Å²) in [5.74, 6) is 0.0709. The predicted molar refractivity (Wildman–Crippen MR) is 81.3 cm³/mol. The Bertz CT molecular complexity index is 505. The fraction of sp³-hybridized carbons (Fsp3) is 0.625. The van der Waals surface area contributed by atoms with Crippen LogP contribution in [0.2, 0.25) is 0 Å². The average molecular weight is 305 g/mol. The van der Waals surface area contributed by atoms with E-state index < -0.39 is 5.60 Å². The second-order valence-corrected chi connectivity index (χ2v) is 6.02. The van der Waals surface area contributed by atoms with Crippen LogP contribution in [0.5, 0.6) is 0 Å². The van der Waals surface area contributed by atoms with Crippen LogP contribution in [0, 0.1) is 0 Å². The molecule has 120 valence electrons. The van der Waals surface area contributed by atoms with E-state index in [9.17, 15) is 4.79 Å². The lowest BCUT2D eigenvalue weighted by atomic mass is 10.0. The van der Waals surface area contributed by atoms with E-state index in [0.717, 1.165) is 18.8 Å². The number of ether oxygens (including phenoxy) is 2. The third-order valence-electron chi connectivity index (χ3n) is 4.22. The summed E-state index contributed by atoms with van der Waals surface area (Å²) in [5, 5.41) is 0. The molecule has 2 fully saturated rings. The van der Waals surface area contributed by atoms with E-state index in [4.69, 9.17) is 9.47 Å². The normalized spacial score (nSPS) is 26.9. The molecule has 1 aromatic heterocycles. The Kier molecular flexibility index (Phi) is 4.71. The fourth-order valence-electron chi connectivity index (χ4n) is 3.04. The molecule has 0 unspecified atom stereocenters. The average Bonchev–Trinajstić information content (AvgIpc) is 2.56. The number of carbonyl (C=O) groups is 1. The van der Waals surface area contributed by atoms with Crippen LogP contribution in [0.1, 0.15) is 12.6 Å². The SMILES string of the molecule is C[C@@]1(C(=O)N2CCOCC2)CN(Cc2ccccn2)CCO1. The molecular formula is C16H23N3O3. The Balaban J connectivity index is 1.64. The van der Waals surface area contributed by atoms with Crippen molar-refractivity contribution in [1.29, 1.82) is 0 Å². The van der Waals surface area contributed by atoms with Crippen molar-refractivity contribution in [2.75, 3.05) is 46.0 Å². The molecule has 0 spiro atoms. The van der Waals surface area contributed by atoms with Gasteiger partial charge in [-0.15, -0.1) is 0 Å². The van der Waals surface area contributed by atoms with Crippen molar-refractivity contribution in [1.82, 2.24) is 14.8 Å². The Morgan fingerprint density at radius 3 is 2.82 bits per heavy atom. The molecule has 6 nitrogen and oxygen atoms in total. The first-order chi connectivity index (χ1) is 10.7. The van der Waals surface area contributed by atoms with Crippen molar-refractivity contribution in [2.24, 2.45) is 0 Å². The number of amides is 1. The molecule has 6 heteroatoms. The van der Waals surface area contributed by atoms with Gasteiger partial charge in [0.15, 0.2) is 5.60 Å². The maximum Gasteiger partial charge on any atom is 0.256 e.